The molecule has 1 aromatic rings. The van der Waals surface area contributed by atoms with Gasteiger partial charge in [0.25, 0.3) is 0 Å². The summed E-state index contributed by atoms with van der Waals surface area (Å²) in [4.78, 5) is 11.2. The molecule has 14 heavy (non-hydrogen) atoms. The first-order valence-corrected chi connectivity index (χ1v) is 4.21. The Balaban J connectivity index is 2.54. The minimum absolute atomic E-state index is 0.0554. The summed E-state index contributed by atoms with van der Waals surface area (Å²) in [6.45, 7) is 1.68. The van der Waals surface area contributed by atoms with Gasteiger partial charge in [-0.1, -0.05) is 0 Å². The normalized spacial score (nSPS) is 12.7. The van der Waals surface area contributed by atoms with Crippen LogP contribution in [0.5, 0.6) is 17.2 Å². The molecule has 0 radical (unpaired) electrons. The molecule has 0 unspecified atom stereocenters. The Kier molecular flexibility index (Phi) is 2.04. The summed E-state index contributed by atoms with van der Waals surface area (Å²) in [6, 6.07) is 3.31. The van der Waals surface area contributed by atoms with E-state index < -0.39 is 0 Å². The Morgan fingerprint density at radius 3 is 2.57 bits per heavy atom. The van der Waals surface area contributed by atoms with Gasteiger partial charge in [0.2, 0.25) is 6.79 Å². The van der Waals surface area contributed by atoms with Crippen LogP contribution < -0.4 is 14.2 Å². The molecule has 0 aliphatic carbocycles. The van der Waals surface area contributed by atoms with Gasteiger partial charge in [-0.25, -0.2) is 0 Å². The molecular weight excluding hydrogens is 184 g/mol. The van der Waals surface area contributed by atoms with Crippen LogP contribution in [-0.4, -0.2) is 19.7 Å². The number of hydrogen-bond donors (Lipinski definition) is 0. The highest BCUT2D eigenvalue weighted by Gasteiger charge is 2.19. The molecule has 1 aliphatic heterocycles. The van der Waals surface area contributed by atoms with Gasteiger partial charge in [0.15, 0.2) is 17.3 Å². The fourth-order valence-corrected chi connectivity index (χ4v) is 1.37. The van der Waals surface area contributed by atoms with E-state index in [1.165, 1.54) is 14.0 Å². The third kappa shape index (κ3) is 1.28. The molecule has 0 spiro atoms. The first-order valence-electron chi connectivity index (χ1n) is 4.21. The van der Waals surface area contributed by atoms with E-state index in [4.69, 9.17) is 14.2 Å². The summed E-state index contributed by atoms with van der Waals surface area (Å²) in [7, 11) is 1.52. The fourth-order valence-electron chi connectivity index (χ4n) is 1.37. The number of ketones is 1. The maximum atomic E-state index is 11.2. The predicted octanol–water partition coefficient (Wildman–Crippen LogP) is 1.63. The molecule has 2 rings (SSSR count). The molecule has 0 N–H and O–H groups in total. The number of methoxy groups -OCH3 is 1. The van der Waals surface area contributed by atoms with Crippen LogP contribution in [0.15, 0.2) is 12.1 Å². The van der Waals surface area contributed by atoms with Gasteiger partial charge in [0, 0.05) is 6.07 Å². The lowest BCUT2D eigenvalue weighted by Gasteiger charge is -2.06. The summed E-state index contributed by atoms with van der Waals surface area (Å²) in [5, 5.41) is 0. The van der Waals surface area contributed by atoms with Crippen molar-refractivity contribution in [3.63, 3.8) is 0 Å². The van der Waals surface area contributed by atoms with Crippen molar-refractivity contribution in [2.24, 2.45) is 0 Å². The zero-order valence-corrected chi connectivity index (χ0v) is 7.99. The van der Waals surface area contributed by atoms with E-state index in [1.807, 2.05) is 0 Å². The maximum absolute atomic E-state index is 11.2. The van der Waals surface area contributed by atoms with Crippen molar-refractivity contribution >= 4 is 5.78 Å². The number of benzene rings is 1. The molecule has 0 aromatic heterocycles. The SMILES string of the molecule is COc1cc2c(cc1C(C)=O)OCO2. The number of carbonyl (C=O) groups excluding carboxylic acids is 1. The van der Waals surface area contributed by atoms with Crippen molar-refractivity contribution in [2.75, 3.05) is 13.9 Å². The van der Waals surface area contributed by atoms with Gasteiger partial charge in [-0.3, -0.25) is 4.79 Å². The van der Waals surface area contributed by atoms with E-state index in [2.05, 4.69) is 0 Å². The van der Waals surface area contributed by atoms with E-state index in [1.54, 1.807) is 12.1 Å². The second kappa shape index (κ2) is 3.21. The van der Waals surface area contributed by atoms with Crippen LogP contribution >= 0.6 is 0 Å². The molecular formula is C10H10O4. The Morgan fingerprint density at radius 1 is 1.36 bits per heavy atom. The van der Waals surface area contributed by atoms with Crippen LogP contribution in [0.25, 0.3) is 0 Å². The smallest absolute Gasteiger partial charge is 0.231 e. The second-order valence-corrected chi connectivity index (χ2v) is 2.96. The lowest BCUT2D eigenvalue weighted by molar-refractivity contribution is 0.101. The average Bonchev–Trinajstić information content (AvgIpc) is 2.62. The average molecular weight is 194 g/mol. The van der Waals surface area contributed by atoms with Gasteiger partial charge in [-0.15, -0.1) is 0 Å². The molecule has 0 amide bonds. The Morgan fingerprint density at radius 2 is 2.00 bits per heavy atom. The monoisotopic (exact) mass is 194 g/mol. The Hall–Kier alpha value is -1.71. The summed E-state index contributed by atoms with van der Waals surface area (Å²) < 4.78 is 15.4. The van der Waals surface area contributed by atoms with Crippen molar-refractivity contribution in [1.29, 1.82) is 0 Å². The highest BCUT2D eigenvalue weighted by atomic mass is 16.7. The van der Waals surface area contributed by atoms with Crippen molar-refractivity contribution in [1.82, 2.24) is 0 Å². The molecule has 0 bridgehead atoms. The number of ether oxygens (including phenoxy) is 3. The quantitative estimate of drug-likeness (QED) is 0.671. The third-order valence-electron chi connectivity index (χ3n) is 2.07. The number of hydrogen-bond acceptors (Lipinski definition) is 4. The van der Waals surface area contributed by atoms with E-state index in [-0.39, 0.29) is 12.6 Å². The van der Waals surface area contributed by atoms with Crippen LogP contribution in [0.2, 0.25) is 0 Å². The van der Waals surface area contributed by atoms with Gasteiger partial charge in [-0.2, -0.15) is 0 Å². The van der Waals surface area contributed by atoms with Crippen molar-refractivity contribution < 1.29 is 19.0 Å². The number of Topliss-reactive ketones (excluding diaryl/α,β-unsaturated/α-hetero) is 1. The first kappa shape index (κ1) is 8.87. The second-order valence-electron chi connectivity index (χ2n) is 2.96. The van der Waals surface area contributed by atoms with E-state index >= 15 is 0 Å². The Labute approximate surface area is 81.4 Å². The molecule has 0 saturated heterocycles. The first-order chi connectivity index (χ1) is 6.72. The minimum Gasteiger partial charge on any atom is -0.496 e. The van der Waals surface area contributed by atoms with Crippen molar-refractivity contribution in [2.45, 2.75) is 6.92 Å². The van der Waals surface area contributed by atoms with Gasteiger partial charge in [0.1, 0.15) is 5.75 Å². The van der Waals surface area contributed by atoms with E-state index in [9.17, 15) is 4.79 Å². The number of rotatable bonds is 2. The predicted molar refractivity (Wildman–Crippen MR) is 49.1 cm³/mol. The summed E-state index contributed by atoms with van der Waals surface area (Å²) in [5.41, 5.74) is 0.511. The maximum Gasteiger partial charge on any atom is 0.231 e. The molecule has 0 fully saturated rings. The van der Waals surface area contributed by atoms with Gasteiger partial charge < -0.3 is 14.2 Å². The molecule has 0 atom stereocenters. The molecule has 74 valence electrons. The van der Waals surface area contributed by atoms with E-state index in [0.717, 1.165) is 0 Å². The molecule has 4 heteroatoms. The zero-order valence-electron chi connectivity index (χ0n) is 7.99. The minimum atomic E-state index is -0.0554. The van der Waals surface area contributed by atoms with Gasteiger partial charge >= 0.3 is 0 Å². The van der Waals surface area contributed by atoms with Crippen LogP contribution in [0.4, 0.5) is 0 Å². The zero-order chi connectivity index (χ0) is 10.1. The third-order valence-corrected chi connectivity index (χ3v) is 2.07. The van der Waals surface area contributed by atoms with Crippen LogP contribution in [0.3, 0.4) is 0 Å². The van der Waals surface area contributed by atoms with Crippen molar-refractivity contribution in [3.05, 3.63) is 17.7 Å². The van der Waals surface area contributed by atoms with E-state index in [0.29, 0.717) is 22.8 Å². The Bertz CT molecular complexity index is 384. The number of carbonyl (C=O) groups is 1. The molecule has 4 nitrogen and oxygen atoms in total. The summed E-state index contributed by atoms with van der Waals surface area (Å²) in [5.74, 6) is 1.67. The van der Waals surface area contributed by atoms with Crippen LogP contribution in [-0.2, 0) is 0 Å². The van der Waals surface area contributed by atoms with Gasteiger partial charge in [-0.05, 0) is 13.0 Å². The summed E-state index contributed by atoms with van der Waals surface area (Å²) in [6.07, 6.45) is 0. The van der Waals surface area contributed by atoms with Gasteiger partial charge in [0.05, 0.1) is 12.7 Å². The van der Waals surface area contributed by atoms with Crippen LogP contribution in [0.1, 0.15) is 17.3 Å². The summed E-state index contributed by atoms with van der Waals surface area (Å²) >= 11 is 0. The molecule has 1 aromatic carbocycles. The lowest BCUT2D eigenvalue weighted by Crippen LogP contribution is -1.97. The highest BCUT2D eigenvalue weighted by molar-refractivity contribution is 5.97. The van der Waals surface area contributed by atoms with Crippen molar-refractivity contribution in [3.8, 4) is 17.2 Å². The molecule has 0 saturated carbocycles. The largest absolute Gasteiger partial charge is 0.496 e. The number of fused-ring (bicyclic) bond motifs is 1. The standard InChI is InChI=1S/C10H10O4/c1-6(11)7-3-9-10(14-5-13-9)4-8(7)12-2/h3-4H,5H2,1-2H3. The highest BCUT2D eigenvalue weighted by Crippen LogP contribution is 2.38. The lowest BCUT2D eigenvalue weighted by atomic mass is 10.1. The molecule has 1 aliphatic rings. The topological polar surface area (TPSA) is 44.8 Å². The van der Waals surface area contributed by atoms with Crippen LogP contribution in [0, 0.1) is 0 Å². The molecule has 1 heterocycles. The fraction of sp³-hybridized carbons (Fsp3) is 0.300.